The first-order chi connectivity index (χ1) is 9.47. The molecule has 1 fully saturated rings. The number of hydrogen-bond donors (Lipinski definition) is 2. The standard InChI is InChI=1S/C15H32N4O.HI/c1-12(2)5-6-17-15(16)18-9-14-11-19(7-8-20-14)10-13(3)4;/h12-14H,5-11H2,1-4H3,(H3,16,17,18);1H. The molecule has 0 aromatic rings. The van der Waals surface area contributed by atoms with Crippen LogP contribution < -0.4 is 11.1 Å². The molecule has 0 aliphatic carbocycles. The Labute approximate surface area is 147 Å². The Morgan fingerprint density at radius 2 is 2.05 bits per heavy atom. The molecule has 0 radical (unpaired) electrons. The normalized spacial score (nSPS) is 20.7. The number of ether oxygens (including phenoxy) is 1. The maximum Gasteiger partial charge on any atom is 0.188 e. The Morgan fingerprint density at radius 1 is 1.33 bits per heavy atom. The van der Waals surface area contributed by atoms with E-state index in [1.54, 1.807) is 0 Å². The Kier molecular flexibility index (Phi) is 11.4. The number of hydrogen-bond acceptors (Lipinski definition) is 3. The number of nitrogens with one attached hydrogen (secondary N) is 1. The van der Waals surface area contributed by atoms with Crippen molar-refractivity contribution < 1.29 is 4.74 Å². The SMILES string of the molecule is CC(C)CCNC(N)=NCC1CN(CC(C)C)CCO1.I. The van der Waals surface area contributed by atoms with E-state index in [4.69, 9.17) is 10.5 Å². The van der Waals surface area contributed by atoms with Crippen molar-refractivity contribution in [2.24, 2.45) is 22.6 Å². The highest BCUT2D eigenvalue weighted by molar-refractivity contribution is 14.0. The predicted molar refractivity (Wildman–Crippen MR) is 100 cm³/mol. The predicted octanol–water partition coefficient (Wildman–Crippen LogP) is 1.91. The number of morpholine rings is 1. The van der Waals surface area contributed by atoms with Gasteiger partial charge in [-0.25, -0.2) is 0 Å². The van der Waals surface area contributed by atoms with E-state index in [0.717, 1.165) is 39.2 Å². The van der Waals surface area contributed by atoms with Gasteiger partial charge in [0.15, 0.2) is 5.96 Å². The van der Waals surface area contributed by atoms with Crippen molar-refractivity contribution in [3.8, 4) is 0 Å². The lowest BCUT2D eigenvalue weighted by atomic mass is 10.1. The van der Waals surface area contributed by atoms with Crippen LogP contribution in [0.4, 0.5) is 0 Å². The van der Waals surface area contributed by atoms with Crippen LogP contribution >= 0.6 is 24.0 Å². The lowest BCUT2D eigenvalue weighted by Gasteiger charge is -2.33. The van der Waals surface area contributed by atoms with Gasteiger partial charge < -0.3 is 15.8 Å². The molecule has 0 bridgehead atoms. The van der Waals surface area contributed by atoms with E-state index < -0.39 is 0 Å². The summed E-state index contributed by atoms with van der Waals surface area (Å²) in [5.74, 6) is 1.91. The molecule has 1 rings (SSSR count). The van der Waals surface area contributed by atoms with E-state index in [1.165, 1.54) is 0 Å². The summed E-state index contributed by atoms with van der Waals surface area (Å²) < 4.78 is 5.75. The van der Waals surface area contributed by atoms with Crippen molar-refractivity contribution in [2.45, 2.75) is 40.2 Å². The van der Waals surface area contributed by atoms with Crippen LogP contribution in [0, 0.1) is 11.8 Å². The molecule has 1 saturated heterocycles. The average Bonchev–Trinajstić information content (AvgIpc) is 2.35. The molecule has 1 aliphatic rings. The van der Waals surface area contributed by atoms with Crippen LogP contribution in [-0.4, -0.2) is 56.3 Å². The van der Waals surface area contributed by atoms with Crippen LogP contribution in [0.2, 0.25) is 0 Å². The molecular formula is C15H33IN4O. The molecule has 1 unspecified atom stereocenters. The van der Waals surface area contributed by atoms with Crippen LogP contribution in [0.25, 0.3) is 0 Å². The van der Waals surface area contributed by atoms with Gasteiger partial charge in [-0.2, -0.15) is 0 Å². The Morgan fingerprint density at radius 3 is 2.67 bits per heavy atom. The fourth-order valence-corrected chi connectivity index (χ4v) is 2.32. The van der Waals surface area contributed by atoms with E-state index in [1.807, 2.05) is 0 Å². The van der Waals surface area contributed by atoms with Crippen molar-refractivity contribution >= 4 is 29.9 Å². The maximum absolute atomic E-state index is 5.86. The fraction of sp³-hybridized carbons (Fsp3) is 0.933. The Bertz CT molecular complexity index is 297. The molecule has 1 heterocycles. The lowest BCUT2D eigenvalue weighted by molar-refractivity contribution is -0.0261. The minimum absolute atomic E-state index is 0. The zero-order valence-corrected chi connectivity index (χ0v) is 16.3. The third-order valence-electron chi connectivity index (χ3n) is 3.34. The van der Waals surface area contributed by atoms with Crippen molar-refractivity contribution in [2.75, 3.05) is 39.3 Å². The van der Waals surface area contributed by atoms with Crippen LogP contribution in [-0.2, 0) is 4.74 Å². The lowest BCUT2D eigenvalue weighted by Crippen LogP contribution is -2.45. The third kappa shape index (κ3) is 10.3. The second-order valence-corrected chi connectivity index (χ2v) is 6.48. The second-order valence-electron chi connectivity index (χ2n) is 6.48. The monoisotopic (exact) mass is 412 g/mol. The molecule has 0 saturated carbocycles. The highest BCUT2D eigenvalue weighted by Gasteiger charge is 2.20. The minimum atomic E-state index is 0. The summed E-state index contributed by atoms with van der Waals surface area (Å²) in [4.78, 5) is 6.85. The third-order valence-corrected chi connectivity index (χ3v) is 3.34. The first-order valence-electron chi connectivity index (χ1n) is 7.85. The molecule has 0 aromatic carbocycles. The molecule has 21 heavy (non-hydrogen) atoms. The van der Waals surface area contributed by atoms with Gasteiger partial charge in [0.05, 0.1) is 19.3 Å². The average molecular weight is 412 g/mol. The topological polar surface area (TPSA) is 62.9 Å². The van der Waals surface area contributed by atoms with Gasteiger partial charge in [-0.05, 0) is 18.3 Å². The zero-order valence-electron chi connectivity index (χ0n) is 14.0. The molecule has 0 spiro atoms. The van der Waals surface area contributed by atoms with Gasteiger partial charge in [0.25, 0.3) is 0 Å². The summed E-state index contributed by atoms with van der Waals surface area (Å²) in [6, 6.07) is 0. The van der Waals surface area contributed by atoms with Gasteiger partial charge in [0.1, 0.15) is 0 Å². The molecule has 6 heteroatoms. The van der Waals surface area contributed by atoms with E-state index in [0.29, 0.717) is 24.3 Å². The summed E-state index contributed by atoms with van der Waals surface area (Å²) in [7, 11) is 0. The smallest absolute Gasteiger partial charge is 0.188 e. The summed E-state index contributed by atoms with van der Waals surface area (Å²) in [6.45, 7) is 14.4. The number of rotatable bonds is 7. The number of halogens is 1. The molecule has 5 nitrogen and oxygen atoms in total. The van der Waals surface area contributed by atoms with Crippen molar-refractivity contribution in [1.29, 1.82) is 0 Å². The zero-order chi connectivity index (χ0) is 15.0. The maximum atomic E-state index is 5.86. The number of nitrogens with two attached hydrogens (primary N) is 1. The minimum Gasteiger partial charge on any atom is -0.374 e. The Hall–Kier alpha value is -0.0800. The van der Waals surface area contributed by atoms with Crippen LogP contribution in [0.1, 0.15) is 34.1 Å². The van der Waals surface area contributed by atoms with E-state index in [-0.39, 0.29) is 30.1 Å². The first-order valence-corrected chi connectivity index (χ1v) is 7.85. The number of aliphatic imine (C=N–C) groups is 1. The molecule has 126 valence electrons. The molecular weight excluding hydrogens is 379 g/mol. The van der Waals surface area contributed by atoms with E-state index >= 15 is 0 Å². The van der Waals surface area contributed by atoms with Crippen molar-refractivity contribution in [3.05, 3.63) is 0 Å². The first kappa shape index (κ1) is 20.9. The quantitative estimate of drug-likeness (QED) is 0.381. The molecule has 1 aliphatic heterocycles. The fourth-order valence-electron chi connectivity index (χ4n) is 2.32. The van der Waals surface area contributed by atoms with Crippen LogP contribution in [0.5, 0.6) is 0 Å². The summed E-state index contributed by atoms with van der Waals surface area (Å²) in [5.41, 5.74) is 5.86. The van der Waals surface area contributed by atoms with E-state index in [2.05, 4.69) is 42.9 Å². The van der Waals surface area contributed by atoms with Gasteiger partial charge in [-0.15, -0.1) is 24.0 Å². The highest BCUT2D eigenvalue weighted by Crippen LogP contribution is 2.08. The highest BCUT2D eigenvalue weighted by atomic mass is 127. The van der Waals surface area contributed by atoms with Crippen LogP contribution in [0.3, 0.4) is 0 Å². The van der Waals surface area contributed by atoms with Gasteiger partial charge >= 0.3 is 0 Å². The van der Waals surface area contributed by atoms with E-state index in [9.17, 15) is 0 Å². The number of guanidine groups is 1. The van der Waals surface area contributed by atoms with Gasteiger partial charge in [-0.3, -0.25) is 9.89 Å². The largest absolute Gasteiger partial charge is 0.374 e. The summed E-state index contributed by atoms with van der Waals surface area (Å²) >= 11 is 0. The number of nitrogens with zero attached hydrogens (tertiary/aromatic N) is 2. The molecule has 0 aromatic heterocycles. The van der Waals surface area contributed by atoms with Gasteiger partial charge in [-0.1, -0.05) is 27.7 Å². The van der Waals surface area contributed by atoms with Crippen LogP contribution in [0.15, 0.2) is 4.99 Å². The summed E-state index contributed by atoms with van der Waals surface area (Å²) in [5, 5.41) is 3.16. The Balaban J connectivity index is 0.00000400. The molecule has 0 amide bonds. The van der Waals surface area contributed by atoms with Crippen molar-refractivity contribution in [3.63, 3.8) is 0 Å². The van der Waals surface area contributed by atoms with Gasteiger partial charge in [0.2, 0.25) is 0 Å². The van der Waals surface area contributed by atoms with Crippen molar-refractivity contribution in [1.82, 2.24) is 10.2 Å². The molecule has 1 atom stereocenters. The molecule has 3 N–H and O–H groups in total. The van der Waals surface area contributed by atoms with Gasteiger partial charge in [0, 0.05) is 26.2 Å². The summed E-state index contributed by atoms with van der Waals surface area (Å²) in [6.07, 6.45) is 1.28. The second kappa shape index (κ2) is 11.5.